The lowest BCUT2D eigenvalue weighted by Gasteiger charge is -2.16. The lowest BCUT2D eigenvalue weighted by Crippen LogP contribution is -2.28. The Labute approximate surface area is 148 Å². The summed E-state index contributed by atoms with van der Waals surface area (Å²) in [4.78, 5) is 30.5. The number of nitrogens with one attached hydrogen (secondary N) is 1. The summed E-state index contributed by atoms with van der Waals surface area (Å²) in [6.45, 7) is 2.96. The number of amides is 2. The number of hydrogen-bond acceptors (Lipinski definition) is 6. The summed E-state index contributed by atoms with van der Waals surface area (Å²) in [7, 11) is 0. The molecule has 2 aliphatic heterocycles. The van der Waals surface area contributed by atoms with E-state index in [9.17, 15) is 9.59 Å². The van der Waals surface area contributed by atoms with Crippen LogP contribution in [-0.2, 0) is 16.1 Å². The van der Waals surface area contributed by atoms with Crippen molar-refractivity contribution in [2.24, 2.45) is 5.92 Å². The van der Waals surface area contributed by atoms with Crippen LogP contribution < -0.4 is 14.8 Å². The van der Waals surface area contributed by atoms with Gasteiger partial charge in [0.1, 0.15) is 0 Å². The molecule has 4 rings (SSSR count). The minimum Gasteiger partial charge on any atom is -0.454 e. The zero-order chi connectivity index (χ0) is 17.4. The minimum atomic E-state index is -0.356. The number of hydrogen-bond donors (Lipinski definition) is 1. The van der Waals surface area contributed by atoms with Gasteiger partial charge in [-0.2, -0.15) is 0 Å². The molecule has 2 amide bonds. The van der Waals surface area contributed by atoms with Crippen molar-refractivity contribution in [2.45, 2.75) is 19.9 Å². The van der Waals surface area contributed by atoms with E-state index in [2.05, 4.69) is 10.3 Å². The first kappa shape index (κ1) is 15.9. The summed E-state index contributed by atoms with van der Waals surface area (Å²) in [6, 6.07) is 5.63. The molecule has 8 heteroatoms. The highest BCUT2D eigenvalue weighted by Crippen LogP contribution is 2.33. The molecule has 0 saturated carbocycles. The largest absolute Gasteiger partial charge is 0.454 e. The summed E-state index contributed by atoms with van der Waals surface area (Å²) >= 11 is 1.38. The van der Waals surface area contributed by atoms with E-state index in [4.69, 9.17) is 9.47 Å². The van der Waals surface area contributed by atoms with Crippen LogP contribution in [0.2, 0.25) is 0 Å². The number of anilines is 1. The molecule has 0 radical (unpaired) electrons. The number of aryl methyl sites for hydroxylation is 1. The van der Waals surface area contributed by atoms with Gasteiger partial charge in [0.25, 0.3) is 0 Å². The van der Waals surface area contributed by atoms with Gasteiger partial charge in [-0.25, -0.2) is 4.98 Å². The van der Waals surface area contributed by atoms with Crippen molar-refractivity contribution in [2.75, 3.05) is 18.7 Å². The number of rotatable bonds is 4. The third kappa shape index (κ3) is 3.30. The molecule has 0 bridgehead atoms. The predicted molar refractivity (Wildman–Crippen MR) is 91.6 cm³/mol. The predicted octanol–water partition coefficient (Wildman–Crippen LogP) is 2.17. The van der Waals surface area contributed by atoms with E-state index < -0.39 is 0 Å². The van der Waals surface area contributed by atoms with Crippen LogP contribution in [-0.4, -0.2) is 35.0 Å². The Morgan fingerprint density at radius 2 is 2.24 bits per heavy atom. The molecular weight excluding hydrogens is 342 g/mol. The normalized spacial score (nSPS) is 18.7. The van der Waals surface area contributed by atoms with Crippen LogP contribution in [0.25, 0.3) is 0 Å². The number of likely N-dealkylation sites (tertiary alicyclic amines) is 1. The highest BCUT2D eigenvalue weighted by molar-refractivity contribution is 7.13. The molecular formula is C17H17N3O4S. The second-order valence-electron chi connectivity index (χ2n) is 6.15. The van der Waals surface area contributed by atoms with E-state index in [1.54, 1.807) is 4.90 Å². The van der Waals surface area contributed by atoms with Crippen LogP contribution in [0.4, 0.5) is 5.13 Å². The topological polar surface area (TPSA) is 80.8 Å². The molecule has 3 heterocycles. The molecule has 25 heavy (non-hydrogen) atoms. The molecule has 1 saturated heterocycles. The van der Waals surface area contributed by atoms with Crippen molar-refractivity contribution in [3.63, 3.8) is 0 Å². The summed E-state index contributed by atoms with van der Waals surface area (Å²) < 4.78 is 10.7. The average Bonchev–Trinajstić information content (AvgIpc) is 3.29. The van der Waals surface area contributed by atoms with Crippen LogP contribution in [0.15, 0.2) is 23.6 Å². The average molecular weight is 359 g/mol. The maximum atomic E-state index is 12.4. The molecule has 1 fully saturated rings. The molecule has 130 valence electrons. The van der Waals surface area contributed by atoms with Crippen LogP contribution in [0.3, 0.4) is 0 Å². The Kier molecular flexibility index (Phi) is 4.04. The van der Waals surface area contributed by atoms with Crippen LogP contribution in [0, 0.1) is 12.8 Å². The fourth-order valence-electron chi connectivity index (χ4n) is 2.98. The van der Waals surface area contributed by atoms with Gasteiger partial charge in [0.2, 0.25) is 18.6 Å². The lowest BCUT2D eigenvalue weighted by atomic mass is 10.1. The maximum Gasteiger partial charge on any atom is 0.231 e. The maximum absolute atomic E-state index is 12.4. The fraction of sp³-hybridized carbons (Fsp3) is 0.353. The first-order valence-electron chi connectivity index (χ1n) is 7.98. The van der Waals surface area contributed by atoms with Gasteiger partial charge in [-0.15, -0.1) is 11.3 Å². The zero-order valence-corrected chi connectivity index (χ0v) is 14.5. The standard InChI is InChI=1S/C17H17N3O4S/c1-10-8-25-17(18-10)19-16(22)12-5-15(21)20(7-12)6-11-2-3-13-14(4-11)24-9-23-13/h2-4,8,12H,5-7,9H2,1H3,(H,18,19,22). The Bertz CT molecular complexity index is 835. The van der Waals surface area contributed by atoms with Gasteiger partial charge >= 0.3 is 0 Å². The minimum absolute atomic E-state index is 0.0202. The molecule has 1 N–H and O–H groups in total. The Morgan fingerprint density at radius 3 is 3.04 bits per heavy atom. The van der Waals surface area contributed by atoms with Gasteiger partial charge in [-0.3, -0.25) is 9.59 Å². The van der Waals surface area contributed by atoms with Crippen LogP contribution in [0.1, 0.15) is 17.7 Å². The first-order valence-corrected chi connectivity index (χ1v) is 8.86. The van der Waals surface area contributed by atoms with Crippen molar-refractivity contribution in [1.82, 2.24) is 9.88 Å². The number of aromatic nitrogens is 1. The number of ether oxygens (including phenoxy) is 2. The first-order chi connectivity index (χ1) is 12.1. The number of carbonyl (C=O) groups is 2. The van der Waals surface area contributed by atoms with Crippen molar-refractivity contribution >= 4 is 28.3 Å². The van der Waals surface area contributed by atoms with Crippen molar-refractivity contribution in [1.29, 1.82) is 0 Å². The van der Waals surface area contributed by atoms with E-state index in [0.717, 1.165) is 11.3 Å². The summed E-state index contributed by atoms with van der Waals surface area (Å²) in [5.74, 6) is 0.875. The third-order valence-electron chi connectivity index (χ3n) is 4.24. The summed E-state index contributed by atoms with van der Waals surface area (Å²) in [6.07, 6.45) is 0.223. The summed E-state index contributed by atoms with van der Waals surface area (Å²) in [5.41, 5.74) is 1.82. The molecule has 1 aromatic carbocycles. The van der Waals surface area contributed by atoms with Crippen molar-refractivity contribution < 1.29 is 19.1 Å². The van der Waals surface area contributed by atoms with Gasteiger partial charge < -0.3 is 19.7 Å². The SMILES string of the molecule is Cc1csc(NC(=O)C2CC(=O)N(Cc3ccc4c(c3)OCO4)C2)n1. The smallest absolute Gasteiger partial charge is 0.231 e. The Balaban J connectivity index is 1.39. The highest BCUT2D eigenvalue weighted by atomic mass is 32.1. The highest BCUT2D eigenvalue weighted by Gasteiger charge is 2.34. The van der Waals surface area contributed by atoms with E-state index in [0.29, 0.717) is 29.7 Å². The van der Waals surface area contributed by atoms with Crippen molar-refractivity contribution in [3.8, 4) is 11.5 Å². The number of benzene rings is 1. The summed E-state index contributed by atoms with van der Waals surface area (Å²) in [5, 5.41) is 5.25. The van der Waals surface area contributed by atoms with Crippen LogP contribution >= 0.6 is 11.3 Å². The molecule has 1 aromatic heterocycles. The van der Waals surface area contributed by atoms with E-state index in [1.165, 1.54) is 11.3 Å². The second-order valence-corrected chi connectivity index (χ2v) is 7.00. The molecule has 7 nitrogen and oxygen atoms in total. The number of thiazole rings is 1. The van der Waals surface area contributed by atoms with Gasteiger partial charge in [0.05, 0.1) is 11.6 Å². The molecule has 0 aliphatic carbocycles. The van der Waals surface area contributed by atoms with Crippen LogP contribution in [0.5, 0.6) is 11.5 Å². The molecule has 1 atom stereocenters. The number of nitrogens with zero attached hydrogens (tertiary/aromatic N) is 2. The number of fused-ring (bicyclic) bond motifs is 1. The van der Waals surface area contributed by atoms with E-state index in [-0.39, 0.29) is 30.9 Å². The van der Waals surface area contributed by atoms with E-state index in [1.807, 2.05) is 30.5 Å². The van der Waals surface area contributed by atoms with Crippen molar-refractivity contribution in [3.05, 3.63) is 34.8 Å². The second kappa shape index (κ2) is 6.36. The molecule has 1 unspecified atom stereocenters. The zero-order valence-electron chi connectivity index (χ0n) is 13.7. The molecule has 2 aliphatic rings. The number of carbonyl (C=O) groups excluding carboxylic acids is 2. The monoisotopic (exact) mass is 359 g/mol. The van der Waals surface area contributed by atoms with Gasteiger partial charge in [0, 0.05) is 24.9 Å². The van der Waals surface area contributed by atoms with Gasteiger partial charge in [-0.05, 0) is 24.6 Å². The van der Waals surface area contributed by atoms with Gasteiger partial charge in [0.15, 0.2) is 16.6 Å². The fourth-order valence-corrected chi connectivity index (χ4v) is 3.67. The lowest BCUT2D eigenvalue weighted by molar-refractivity contribution is -0.128. The molecule has 0 spiro atoms. The van der Waals surface area contributed by atoms with Gasteiger partial charge in [-0.1, -0.05) is 6.07 Å². The third-order valence-corrected chi connectivity index (χ3v) is 5.12. The van der Waals surface area contributed by atoms with E-state index >= 15 is 0 Å². The quantitative estimate of drug-likeness (QED) is 0.905. The Hall–Kier alpha value is -2.61. The molecule has 2 aromatic rings. The Morgan fingerprint density at radius 1 is 1.40 bits per heavy atom.